The van der Waals surface area contributed by atoms with Crippen molar-refractivity contribution in [3.05, 3.63) is 11.6 Å². The quantitative estimate of drug-likeness (QED) is 0.206. The van der Waals surface area contributed by atoms with E-state index in [2.05, 4.69) is 39.1 Å². The lowest BCUT2D eigenvalue weighted by Crippen LogP contribution is -2.64. The van der Waals surface area contributed by atoms with Crippen LogP contribution in [0.25, 0.3) is 0 Å². The zero-order chi connectivity index (χ0) is 36.2. The molecule has 12 nitrogen and oxygen atoms in total. The van der Waals surface area contributed by atoms with E-state index in [0.717, 1.165) is 38.6 Å². The normalized spacial score (nSPS) is 58.4. The van der Waals surface area contributed by atoms with Gasteiger partial charge < -0.3 is 54.3 Å². The number of piperidine rings is 1. The van der Waals surface area contributed by atoms with Gasteiger partial charge in [-0.25, -0.2) is 0 Å². The first-order chi connectivity index (χ1) is 24.2. The van der Waals surface area contributed by atoms with E-state index in [1.54, 1.807) is 0 Å². The Morgan fingerprint density at radius 1 is 0.843 bits per heavy atom. The highest BCUT2D eigenvalue weighted by Crippen LogP contribution is 2.70. The highest BCUT2D eigenvalue weighted by Gasteiger charge is 2.68. The molecule has 4 aliphatic carbocycles. The summed E-state index contributed by atoms with van der Waals surface area (Å²) < 4.78 is 30.7. The summed E-state index contributed by atoms with van der Waals surface area (Å²) in [6, 6.07) is 0. The van der Waals surface area contributed by atoms with Crippen LogP contribution in [0.1, 0.15) is 92.4 Å². The second kappa shape index (κ2) is 13.5. The lowest BCUT2D eigenvalue weighted by atomic mass is 9.47. The molecule has 8 aliphatic rings. The average Bonchev–Trinajstić information content (AvgIpc) is 3.56. The van der Waals surface area contributed by atoms with E-state index in [1.165, 1.54) is 38.2 Å². The molecular formula is C39H63NO11. The van der Waals surface area contributed by atoms with Crippen LogP contribution in [-0.2, 0) is 23.7 Å². The average molecular weight is 722 g/mol. The molecule has 0 bridgehead atoms. The fraction of sp³-hybridized carbons (Fsp3) is 0.949. The van der Waals surface area contributed by atoms with E-state index >= 15 is 0 Å². The molecule has 7 fully saturated rings. The number of hydrogen-bond acceptors (Lipinski definition) is 12. The van der Waals surface area contributed by atoms with Gasteiger partial charge in [0.2, 0.25) is 0 Å². The summed E-state index contributed by atoms with van der Waals surface area (Å²) in [5.74, 6) is 3.74. The molecule has 3 saturated carbocycles. The number of aliphatic hydroxyl groups is 6. The second-order valence-electron chi connectivity index (χ2n) is 18.4. The molecule has 8 rings (SSSR count). The van der Waals surface area contributed by atoms with Crippen molar-refractivity contribution in [3.8, 4) is 0 Å². The topological polar surface area (TPSA) is 180 Å². The van der Waals surface area contributed by atoms with Crippen molar-refractivity contribution < 1.29 is 54.3 Å². The fourth-order valence-electron chi connectivity index (χ4n) is 12.7. The number of nitrogens with one attached hydrogen (secondary N) is 1. The Morgan fingerprint density at radius 3 is 2.31 bits per heavy atom. The number of fused-ring (bicyclic) bond motifs is 7. The molecule has 12 heteroatoms. The summed E-state index contributed by atoms with van der Waals surface area (Å²) in [5.41, 5.74) is 1.66. The molecule has 51 heavy (non-hydrogen) atoms. The molecule has 1 unspecified atom stereocenters. The maximum Gasteiger partial charge on any atom is 0.187 e. The smallest absolute Gasteiger partial charge is 0.187 e. The third-order valence-corrected chi connectivity index (χ3v) is 15.8. The highest BCUT2D eigenvalue weighted by molar-refractivity contribution is 5.26. The van der Waals surface area contributed by atoms with Gasteiger partial charge in [-0.05, 0) is 105 Å². The molecule has 4 aliphatic heterocycles. The molecule has 7 N–H and O–H groups in total. The molecule has 4 saturated heterocycles. The standard InChI is InChI=1S/C39H63NO11/c1-18-8-13-39(40-16-18)19(2)28-26(51-39)15-25-23-7-6-21-14-22(9-11-37(21,4)24(23)10-12-38(25,28)5)48-36-33(46)31(44)34(27(17-41)49-36)50-35-32(45)30(43)29(42)20(3)47-35/h6,18-20,22-36,40-46H,7-17H2,1-5H3/t18-,19+,20+,22+,23-,24+,25+,26+,27-,28+,29+,30-,31-,32-,33-,34-,35-,36+,37+,38+,39?/m1/s1. The summed E-state index contributed by atoms with van der Waals surface area (Å²) in [4.78, 5) is 0. The first-order valence-electron chi connectivity index (χ1n) is 20.0. The summed E-state index contributed by atoms with van der Waals surface area (Å²) in [7, 11) is 0. The third-order valence-electron chi connectivity index (χ3n) is 15.8. The monoisotopic (exact) mass is 721 g/mol. The second-order valence-corrected chi connectivity index (χ2v) is 18.4. The van der Waals surface area contributed by atoms with Gasteiger partial charge in [0.05, 0.1) is 24.9 Å². The van der Waals surface area contributed by atoms with E-state index in [0.29, 0.717) is 47.0 Å². The Bertz CT molecular complexity index is 1310. The van der Waals surface area contributed by atoms with Crippen LogP contribution in [0.4, 0.5) is 0 Å². The minimum absolute atomic E-state index is 0.0881. The molecule has 0 aromatic heterocycles. The largest absolute Gasteiger partial charge is 0.394 e. The number of hydrogen-bond donors (Lipinski definition) is 7. The Morgan fingerprint density at radius 2 is 1.59 bits per heavy atom. The summed E-state index contributed by atoms with van der Waals surface area (Å²) in [6.45, 7) is 11.9. The third kappa shape index (κ3) is 5.84. The first-order valence-corrected chi connectivity index (χ1v) is 20.0. The maximum atomic E-state index is 11.1. The van der Waals surface area contributed by atoms with Crippen molar-refractivity contribution in [2.75, 3.05) is 13.2 Å². The lowest BCUT2D eigenvalue weighted by Gasteiger charge is -2.59. The Balaban J connectivity index is 0.915. The van der Waals surface area contributed by atoms with Gasteiger partial charge in [0.15, 0.2) is 12.6 Å². The van der Waals surface area contributed by atoms with Gasteiger partial charge in [0, 0.05) is 12.5 Å². The maximum absolute atomic E-state index is 11.1. The predicted molar refractivity (Wildman–Crippen MR) is 184 cm³/mol. The number of allylic oxidation sites excluding steroid dienone is 1. The fourth-order valence-corrected chi connectivity index (χ4v) is 12.7. The van der Waals surface area contributed by atoms with Crippen LogP contribution in [0.5, 0.6) is 0 Å². The van der Waals surface area contributed by atoms with Crippen molar-refractivity contribution in [1.82, 2.24) is 5.32 Å². The predicted octanol–water partition coefficient (Wildman–Crippen LogP) is 1.96. The van der Waals surface area contributed by atoms with Gasteiger partial charge in [0.25, 0.3) is 0 Å². The van der Waals surface area contributed by atoms with Crippen molar-refractivity contribution in [3.63, 3.8) is 0 Å². The van der Waals surface area contributed by atoms with Gasteiger partial charge in [0.1, 0.15) is 48.5 Å². The van der Waals surface area contributed by atoms with Gasteiger partial charge in [-0.1, -0.05) is 39.3 Å². The Labute approximate surface area is 302 Å². The summed E-state index contributed by atoms with van der Waals surface area (Å²) >= 11 is 0. The first kappa shape index (κ1) is 37.2. The van der Waals surface area contributed by atoms with Crippen LogP contribution >= 0.6 is 0 Å². The minimum Gasteiger partial charge on any atom is -0.394 e. The lowest BCUT2D eigenvalue weighted by molar-refractivity contribution is -0.360. The van der Waals surface area contributed by atoms with Crippen molar-refractivity contribution in [2.45, 2.75) is 172 Å². The number of rotatable bonds is 5. The van der Waals surface area contributed by atoms with Gasteiger partial charge >= 0.3 is 0 Å². The number of aliphatic hydroxyl groups excluding tert-OH is 6. The van der Waals surface area contributed by atoms with E-state index in [9.17, 15) is 30.6 Å². The van der Waals surface area contributed by atoms with E-state index in [-0.39, 0.29) is 17.2 Å². The van der Waals surface area contributed by atoms with Crippen molar-refractivity contribution >= 4 is 0 Å². The van der Waals surface area contributed by atoms with E-state index in [1.807, 2.05) is 0 Å². The molecule has 0 amide bonds. The zero-order valence-electron chi connectivity index (χ0n) is 31.0. The molecule has 21 atom stereocenters. The van der Waals surface area contributed by atoms with Gasteiger partial charge in [-0.2, -0.15) is 0 Å². The van der Waals surface area contributed by atoms with Crippen LogP contribution in [0, 0.1) is 46.3 Å². The molecule has 4 heterocycles. The minimum atomic E-state index is -1.60. The van der Waals surface area contributed by atoms with Gasteiger partial charge in [-0.3, -0.25) is 5.32 Å². The van der Waals surface area contributed by atoms with Crippen LogP contribution in [0.3, 0.4) is 0 Å². The van der Waals surface area contributed by atoms with E-state index < -0.39 is 68.0 Å². The summed E-state index contributed by atoms with van der Waals surface area (Å²) in [6.07, 6.45) is -1.11. The molecule has 290 valence electrons. The summed E-state index contributed by atoms with van der Waals surface area (Å²) in [5, 5.41) is 67.0. The van der Waals surface area contributed by atoms with Crippen LogP contribution < -0.4 is 5.32 Å². The van der Waals surface area contributed by atoms with Crippen molar-refractivity contribution in [1.29, 1.82) is 0 Å². The van der Waals surface area contributed by atoms with Crippen LogP contribution in [0.15, 0.2) is 11.6 Å². The van der Waals surface area contributed by atoms with Crippen LogP contribution in [-0.4, -0.2) is 123 Å². The zero-order valence-corrected chi connectivity index (χ0v) is 31.0. The number of ether oxygens (including phenoxy) is 5. The Kier molecular flexibility index (Phi) is 9.83. The van der Waals surface area contributed by atoms with Crippen LogP contribution in [0.2, 0.25) is 0 Å². The molecular weight excluding hydrogens is 658 g/mol. The highest BCUT2D eigenvalue weighted by atomic mass is 16.7. The van der Waals surface area contributed by atoms with Crippen molar-refractivity contribution in [2.24, 2.45) is 46.3 Å². The van der Waals surface area contributed by atoms with Gasteiger partial charge in [-0.15, -0.1) is 0 Å². The Hall–Kier alpha value is -0.740. The molecule has 0 radical (unpaired) electrons. The SMILES string of the molecule is C[C@@H]1CCC2(NC1)O[C@H]1C[C@H]3[C@@H]4CC=C5C[C@@H](O[C@H]6O[C@H](CO)[C@@H](O[C@H]7O[C@@H](C)[C@H](O)[C@@H](O)[C@H]7O)[C@H](O)[C@H]6O)CC[C@]5(C)[C@H]4CC[C@]3(C)[C@H]1[C@@H]2C. The molecule has 1 spiro atoms. The van der Waals surface area contributed by atoms with E-state index in [4.69, 9.17) is 23.7 Å². The molecule has 0 aromatic carbocycles. The molecule has 0 aromatic rings.